The Morgan fingerprint density at radius 1 is 1.35 bits per heavy atom. The molecule has 2 N–H and O–H groups in total. The van der Waals surface area contributed by atoms with Crippen LogP contribution in [0.5, 0.6) is 0 Å². The van der Waals surface area contributed by atoms with Gasteiger partial charge in [-0.2, -0.15) is 0 Å². The lowest BCUT2D eigenvalue weighted by Crippen LogP contribution is -2.49. The molecular formula is C15H16ClNO2S. The summed E-state index contributed by atoms with van der Waals surface area (Å²) in [4.78, 5) is 13.0. The largest absolute Gasteiger partial charge is 0.394 e. The molecule has 0 aliphatic heterocycles. The number of hydrogen-bond donors (Lipinski definition) is 2. The molecule has 0 saturated heterocycles. The lowest BCUT2D eigenvalue weighted by atomic mass is 9.99. The van der Waals surface area contributed by atoms with E-state index < -0.39 is 5.54 Å². The van der Waals surface area contributed by atoms with Crippen LogP contribution in [0.15, 0.2) is 24.3 Å². The summed E-state index contributed by atoms with van der Waals surface area (Å²) in [6.07, 6.45) is 3.75. The predicted molar refractivity (Wildman–Crippen MR) is 82.6 cm³/mol. The number of fused-ring (bicyclic) bond motifs is 1. The summed E-state index contributed by atoms with van der Waals surface area (Å²) in [6.45, 7) is -0.0126. The van der Waals surface area contributed by atoms with E-state index in [9.17, 15) is 9.90 Å². The topological polar surface area (TPSA) is 49.3 Å². The van der Waals surface area contributed by atoms with Gasteiger partial charge in [-0.25, -0.2) is 0 Å². The molecule has 5 heteroatoms. The predicted octanol–water partition coefficient (Wildman–Crippen LogP) is 3.59. The van der Waals surface area contributed by atoms with Crippen LogP contribution < -0.4 is 5.32 Å². The first-order valence-electron chi connectivity index (χ1n) is 6.76. The van der Waals surface area contributed by atoms with Crippen molar-refractivity contribution in [1.82, 2.24) is 5.32 Å². The van der Waals surface area contributed by atoms with Crippen molar-refractivity contribution in [3.63, 3.8) is 0 Å². The van der Waals surface area contributed by atoms with E-state index in [4.69, 9.17) is 11.6 Å². The molecule has 106 valence electrons. The summed E-state index contributed by atoms with van der Waals surface area (Å²) in [7, 11) is 0. The molecule has 0 bridgehead atoms. The molecule has 20 heavy (non-hydrogen) atoms. The molecule has 0 spiro atoms. The Balaban J connectivity index is 1.91. The maximum Gasteiger partial charge on any atom is 0.263 e. The maximum atomic E-state index is 12.5. The number of halogens is 1. The van der Waals surface area contributed by atoms with Crippen molar-refractivity contribution in [2.24, 2.45) is 0 Å². The maximum absolute atomic E-state index is 12.5. The van der Waals surface area contributed by atoms with Crippen molar-refractivity contribution in [3.05, 3.63) is 34.2 Å². The zero-order valence-corrected chi connectivity index (χ0v) is 12.6. The number of aliphatic hydroxyl groups excluding tert-OH is 1. The molecule has 0 radical (unpaired) electrons. The van der Waals surface area contributed by atoms with E-state index in [1.165, 1.54) is 11.3 Å². The molecule has 0 unspecified atom stereocenters. The van der Waals surface area contributed by atoms with Crippen LogP contribution in [0, 0.1) is 0 Å². The van der Waals surface area contributed by atoms with Gasteiger partial charge in [0.2, 0.25) is 0 Å². The van der Waals surface area contributed by atoms with E-state index in [1.54, 1.807) is 0 Å². The standard InChI is InChI=1S/C15H16ClNO2S/c16-12-10-5-1-2-6-11(10)20-13(12)14(19)17-15(9-18)7-3-4-8-15/h1-2,5-6,18H,3-4,7-9H2,(H,17,19). The third-order valence-corrected chi connectivity index (χ3v) is 5.66. The first-order valence-corrected chi connectivity index (χ1v) is 7.95. The Labute approximate surface area is 126 Å². The van der Waals surface area contributed by atoms with E-state index in [-0.39, 0.29) is 12.5 Å². The monoisotopic (exact) mass is 309 g/mol. The second kappa shape index (κ2) is 5.35. The van der Waals surface area contributed by atoms with Crippen LogP contribution in [0.25, 0.3) is 10.1 Å². The molecule has 1 aliphatic carbocycles. The molecule has 1 heterocycles. The summed E-state index contributed by atoms with van der Waals surface area (Å²) in [5.41, 5.74) is -0.462. The lowest BCUT2D eigenvalue weighted by molar-refractivity contribution is 0.0843. The normalized spacial score (nSPS) is 17.5. The summed E-state index contributed by atoms with van der Waals surface area (Å²) < 4.78 is 1.01. The van der Waals surface area contributed by atoms with E-state index in [0.29, 0.717) is 9.90 Å². The highest BCUT2D eigenvalue weighted by molar-refractivity contribution is 7.21. The molecule has 1 fully saturated rings. The van der Waals surface area contributed by atoms with Crippen LogP contribution in [0.4, 0.5) is 0 Å². The van der Waals surface area contributed by atoms with Gasteiger partial charge in [0.05, 0.1) is 17.2 Å². The lowest BCUT2D eigenvalue weighted by Gasteiger charge is -2.27. The second-order valence-corrected chi connectivity index (χ2v) is 6.77. The Bertz CT molecular complexity index is 646. The van der Waals surface area contributed by atoms with E-state index >= 15 is 0 Å². The highest BCUT2D eigenvalue weighted by atomic mass is 35.5. The van der Waals surface area contributed by atoms with Crippen LogP contribution in [-0.4, -0.2) is 23.2 Å². The van der Waals surface area contributed by atoms with Gasteiger partial charge in [-0.05, 0) is 18.9 Å². The van der Waals surface area contributed by atoms with Gasteiger partial charge in [0.25, 0.3) is 5.91 Å². The third-order valence-electron chi connectivity index (χ3n) is 3.98. The summed E-state index contributed by atoms with van der Waals surface area (Å²) in [5.74, 6) is -0.174. The van der Waals surface area contributed by atoms with E-state index in [2.05, 4.69) is 5.32 Å². The van der Waals surface area contributed by atoms with Crippen molar-refractivity contribution in [3.8, 4) is 0 Å². The van der Waals surface area contributed by atoms with E-state index in [1.807, 2.05) is 24.3 Å². The number of carbonyl (C=O) groups excluding carboxylic acids is 1. The van der Waals surface area contributed by atoms with Gasteiger partial charge in [0.15, 0.2) is 0 Å². The molecule has 3 rings (SSSR count). The fourth-order valence-electron chi connectivity index (χ4n) is 2.83. The number of hydrogen-bond acceptors (Lipinski definition) is 3. The highest BCUT2D eigenvalue weighted by Gasteiger charge is 2.35. The molecule has 1 aliphatic rings. The van der Waals surface area contributed by atoms with Crippen LogP contribution in [0.3, 0.4) is 0 Å². The van der Waals surface area contributed by atoms with Crippen LogP contribution in [0.1, 0.15) is 35.4 Å². The fraction of sp³-hybridized carbons (Fsp3) is 0.400. The average Bonchev–Trinajstić information content (AvgIpc) is 3.05. The first kappa shape index (κ1) is 13.9. The molecule has 1 amide bonds. The van der Waals surface area contributed by atoms with Crippen molar-refractivity contribution >= 4 is 38.9 Å². The molecule has 0 atom stereocenters. The Morgan fingerprint density at radius 2 is 2.05 bits per heavy atom. The summed E-state index contributed by atoms with van der Waals surface area (Å²) in [5, 5.41) is 14.0. The van der Waals surface area contributed by atoms with Gasteiger partial charge in [0, 0.05) is 10.1 Å². The Kier molecular flexibility index (Phi) is 3.71. The van der Waals surface area contributed by atoms with Crippen molar-refractivity contribution in [1.29, 1.82) is 0 Å². The minimum atomic E-state index is -0.462. The van der Waals surface area contributed by atoms with Gasteiger partial charge in [-0.3, -0.25) is 4.79 Å². The fourth-order valence-corrected chi connectivity index (χ4v) is 4.24. The number of carbonyl (C=O) groups is 1. The molecule has 1 saturated carbocycles. The average molecular weight is 310 g/mol. The quantitative estimate of drug-likeness (QED) is 0.910. The number of benzene rings is 1. The first-order chi connectivity index (χ1) is 9.65. The van der Waals surface area contributed by atoms with Gasteiger partial charge < -0.3 is 10.4 Å². The SMILES string of the molecule is O=C(NC1(CO)CCCC1)c1sc2ccccc2c1Cl. The van der Waals surface area contributed by atoms with Crippen LogP contribution >= 0.6 is 22.9 Å². The summed E-state index contributed by atoms with van der Waals surface area (Å²) in [6, 6.07) is 7.72. The van der Waals surface area contributed by atoms with Gasteiger partial charge in [-0.1, -0.05) is 42.6 Å². The van der Waals surface area contributed by atoms with Gasteiger partial charge >= 0.3 is 0 Å². The molecule has 1 aromatic carbocycles. The number of thiophene rings is 1. The van der Waals surface area contributed by atoms with E-state index in [0.717, 1.165) is 35.8 Å². The van der Waals surface area contributed by atoms with Crippen molar-refractivity contribution < 1.29 is 9.90 Å². The van der Waals surface area contributed by atoms with Crippen molar-refractivity contribution in [2.45, 2.75) is 31.2 Å². The number of aliphatic hydroxyl groups is 1. The number of amides is 1. The minimum Gasteiger partial charge on any atom is -0.394 e. The zero-order chi connectivity index (χ0) is 14.2. The molecule has 2 aromatic rings. The van der Waals surface area contributed by atoms with Crippen LogP contribution in [-0.2, 0) is 0 Å². The molecule has 3 nitrogen and oxygen atoms in total. The highest BCUT2D eigenvalue weighted by Crippen LogP contribution is 2.36. The Morgan fingerprint density at radius 3 is 2.70 bits per heavy atom. The van der Waals surface area contributed by atoms with Crippen LogP contribution in [0.2, 0.25) is 5.02 Å². The minimum absolute atomic E-state index is 0.0126. The van der Waals surface area contributed by atoms with Gasteiger partial charge in [0.1, 0.15) is 4.88 Å². The summed E-state index contributed by atoms with van der Waals surface area (Å²) >= 11 is 7.71. The number of nitrogens with one attached hydrogen (secondary N) is 1. The Hall–Kier alpha value is -1.10. The zero-order valence-electron chi connectivity index (χ0n) is 11.0. The molecule has 1 aromatic heterocycles. The van der Waals surface area contributed by atoms with Gasteiger partial charge in [-0.15, -0.1) is 11.3 Å². The third kappa shape index (κ3) is 2.32. The number of rotatable bonds is 3. The smallest absolute Gasteiger partial charge is 0.263 e. The van der Waals surface area contributed by atoms with Crippen molar-refractivity contribution in [2.75, 3.05) is 6.61 Å². The second-order valence-electron chi connectivity index (χ2n) is 5.34. The molecular weight excluding hydrogens is 294 g/mol.